The lowest BCUT2D eigenvalue weighted by Crippen LogP contribution is -2.13. The van der Waals surface area contributed by atoms with Crippen LogP contribution in [0.5, 0.6) is 0 Å². The number of aromatic amines is 1. The number of H-pyrrole nitrogens is 1. The zero-order valence-electron chi connectivity index (χ0n) is 11.8. The summed E-state index contributed by atoms with van der Waals surface area (Å²) in [6, 6.07) is 11.6. The van der Waals surface area contributed by atoms with Crippen molar-refractivity contribution in [1.82, 2.24) is 9.55 Å². The van der Waals surface area contributed by atoms with Crippen molar-refractivity contribution in [3.63, 3.8) is 0 Å². The van der Waals surface area contributed by atoms with Crippen molar-refractivity contribution in [2.45, 2.75) is 19.9 Å². The van der Waals surface area contributed by atoms with Crippen LogP contribution in [0.15, 0.2) is 47.4 Å². The highest BCUT2D eigenvalue weighted by Gasteiger charge is 2.10. The second kappa shape index (κ2) is 5.62. The number of aryl methyl sites for hydroxylation is 1. The van der Waals surface area contributed by atoms with Crippen LogP contribution in [0.1, 0.15) is 18.2 Å². The second-order valence-electron chi connectivity index (χ2n) is 5.05. The van der Waals surface area contributed by atoms with Crippen molar-refractivity contribution in [1.29, 1.82) is 0 Å². The van der Waals surface area contributed by atoms with Gasteiger partial charge in [0.1, 0.15) is 0 Å². The largest absolute Gasteiger partial charge is 0.450 e. The summed E-state index contributed by atoms with van der Waals surface area (Å²) < 4.78 is 2.17. The first-order valence-electron chi connectivity index (χ1n) is 6.99. The van der Waals surface area contributed by atoms with E-state index in [-0.39, 0.29) is 5.56 Å². The first-order chi connectivity index (χ1) is 10.2. The maximum Gasteiger partial charge on any atom is 0.326 e. The number of hydrogen-bond acceptors (Lipinski definition) is 2. The molecule has 0 bridgehead atoms. The van der Waals surface area contributed by atoms with Gasteiger partial charge in [-0.1, -0.05) is 36.7 Å². The van der Waals surface area contributed by atoms with Gasteiger partial charge in [-0.15, -0.1) is 0 Å². The maximum absolute atomic E-state index is 11.9. The summed E-state index contributed by atoms with van der Waals surface area (Å²) in [5.41, 5.74) is 3.95. The SMILES string of the molecule is CCc1cc2c(=O)[nH]ccc2n1Cc1ccc([B]O)cc1. The van der Waals surface area contributed by atoms with Gasteiger partial charge < -0.3 is 14.6 Å². The molecule has 3 rings (SSSR count). The predicted molar refractivity (Wildman–Crippen MR) is 85.1 cm³/mol. The lowest BCUT2D eigenvalue weighted by molar-refractivity contribution is 0.615. The molecule has 0 atom stereocenters. The molecule has 2 N–H and O–H groups in total. The molecule has 0 aliphatic heterocycles. The summed E-state index contributed by atoms with van der Waals surface area (Å²) in [6.07, 6.45) is 2.56. The highest BCUT2D eigenvalue weighted by molar-refractivity contribution is 6.45. The Labute approximate surface area is 123 Å². The Balaban J connectivity index is 2.06. The third-order valence-corrected chi connectivity index (χ3v) is 3.76. The highest BCUT2D eigenvalue weighted by Crippen LogP contribution is 2.18. The molecule has 0 fully saturated rings. The van der Waals surface area contributed by atoms with Crippen LogP contribution in [0.3, 0.4) is 0 Å². The number of nitrogens with one attached hydrogen (secondary N) is 1. The molecule has 0 spiro atoms. The van der Waals surface area contributed by atoms with Crippen LogP contribution in [0, 0.1) is 0 Å². The number of fused-ring (bicyclic) bond motifs is 1. The lowest BCUT2D eigenvalue weighted by Gasteiger charge is -2.10. The Morgan fingerprint density at radius 2 is 2.00 bits per heavy atom. The van der Waals surface area contributed by atoms with Crippen molar-refractivity contribution in [3.05, 3.63) is 64.2 Å². The first-order valence-corrected chi connectivity index (χ1v) is 6.99. The van der Waals surface area contributed by atoms with Crippen molar-refractivity contribution < 1.29 is 5.02 Å². The van der Waals surface area contributed by atoms with Crippen LogP contribution < -0.4 is 11.0 Å². The number of nitrogens with zero attached hydrogens (tertiary/aromatic N) is 1. The molecule has 0 amide bonds. The summed E-state index contributed by atoms with van der Waals surface area (Å²) in [4.78, 5) is 14.6. The van der Waals surface area contributed by atoms with Crippen LogP contribution in [-0.2, 0) is 13.0 Å². The van der Waals surface area contributed by atoms with Crippen molar-refractivity contribution in [3.8, 4) is 0 Å². The van der Waals surface area contributed by atoms with E-state index < -0.39 is 0 Å². The minimum atomic E-state index is -0.0498. The summed E-state index contributed by atoms with van der Waals surface area (Å²) in [6.45, 7) is 2.80. The average molecular weight is 279 g/mol. The molecule has 105 valence electrons. The Morgan fingerprint density at radius 3 is 2.67 bits per heavy atom. The minimum Gasteiger partial charge on any atom is -0.450 e. The molecular weight excluding hydrogens is 263 g/mol. The van der Waals surface area contributed by atoms with E-state index in [4.69, 9.17) is 5.02 Å². The molecule has 0 aliphatic carbocycles. The molecule has 3 aromatic rings. The molecule has 21 heavy (non-hydrogen) atoms. The fourth-order valence-electron chi connectivity index (χ4n) is 2.63. The quantitative estimate of drug-likeness (QED) is 0.704. The first kappa shape index (κ1) is 13.7. The van der Waals surface area contributed by atoms with E-state index in [0.29, 0.717) is 6.54 Å². The van der Waals surface area contributed by atoms with E-state index in [0.717, 1.165) is 41.5 Å². The highest BCUT2D eigenvalue weighted by atomic mass is 16.2. The van der Waals surface area contributed by atoms with Crippen molar-refractivity contribution in [2.75, 3.05) is 0 Å². The Kier molecular flexibility index (Phi) is 3.67. The molecule has 1 radical (unpaired) electrons. The normalized spacial score (nSPS) is 11.0. The standard InChI is InChI=1S/C16H16BN2O2/c1-2-13-9-14-15(7-8-18-16(14)20)19(13)10-11-3-5-12(17-21)6-4-11/h3-9,21H,2,10H2,1H3,(H,18,20). The van der Waals surface area contributed by atoms with Gasteiger partial charge in [0, 0.05) is 18.4 Å². The molecule has 0 saturated carbocycles. The van der Waals surface area contributed by atoms with E-state index in [9.17, 15) is 4.79 Å². The molecule has 4 nitrogen and oxygen atoms in total. The molecular formula is C16H16BN2O2. The molecule has 1 aromatic carbocycles. The second-order valence-corrected chi connectivity index (χ2v) is 5.05. The molecule has 0 unspecified atom stereocenters. The third kappa shape index (κ3) is 2.52. The van der Waals surface area contributed by atoms with E-state index in [1.165, 1.54) is 0 Å². The van der Waals surface area contributed by atoms with Gasteiger partial charge in [-0.05, 0) is 24.1 Å². The number of hydrogen-bond donors (Lipinski definition) is 2. The molecule has 5 heteroatoms. The molecule has 2 heterocycles. The van der Waals surface area contributed by atoms with Gasteiger partial charge in [0.25, 0.3) is 5.56 Å². The number of rotatable bonds is 4. The Morgan fingerprint density at radius 1 is 1.24 bits per heavy atom. The minimum absolute atomic E-state index is 0.0498. The van der Waals surface area contributed by atoms with Gasteiger partial charge in [-0.25, -0.2) is 0 Å². The monoisotopic (exact) mass is 279 g/mol. The maximum atomic E-state index is 11.9. The van der Waals surface area contributed by atoms with Crippen molar-refractivity contribution in [2.24, 2.45) is 0 Å². The third-order valence-electron chi connectivity index (χ3n) is 3.76. The summed E-state index contributed by atoms with van der Waals surface area (Å²) in [5.74, 6) is 0. The topological polar surface area (TPSA) is 58.0 Å². The van der Waals surface area contributed by atoms with Crippen LogP contribution in [0.25, 0.3) is 10.9 Å². The van der Waals surface area contributed by atoms with Crippen LogP contribution >= 0.6 is 0 Å². The summed E-state index contributed by atoms with van der Waals surface area (Å²) in [7, 11) is 1.09. The Hall–Kier alpha value is -2.27. The van der Waals surface area contributed by atoms with Gasteiger partial charge in [0.2, 0.25) is 0 Å². The molecule has 0 aliphatic rings. The van der Waals surface area contributed by atoms with Crippen LogP contribution in [-0.4, -0.2) is 22.1 Å². The fourth-order valence-corrected chi connectivity index (χ4v) is 2.63. The number of benzene rings is 1. The molecule has 0 saturated heterocycles. The Bertz CT molecular complexity index is 818. The zero-order valence-corrected chi connectivity index (χ0v) is 11.8. The van der Waals surface area contributed by atoms with Gasteiger partial charge >= 0.3 is 7.48 Å². The molecule has 2 aromatic heterocycles. The van der Waals surface area contributed by atoms with Crippen LogP contribution in [0.4, 0.5) is 0 Å². The fraction of sp³-hybridized carbons (Fsp3) is 0.188. The van der Waals surface area contributed by atoms with Gasteiger partial charge in [0.15, 0.2) is 0 Å². The van der Waals surface area contributed by atoms with Gasteiger partial charge in [0.05, 0.1) is 10.9 Å². The number of pyridine rings is 1. The summed E-state index contributed by atoms with van der Waals surface area (Å²) >= 11 is 0. The number of aromatic nitrogens is 2. The summed E-state index contributed by atoms with van der Waals surface area (Å²) in [5, 5.41) is 9.70. The van der Waals surface area contributed by atoms with Crippen molar-refractivity contribution >= 4 is 23.8 Å². The zero-order chi connectivity index (χ0) is 14.8. The lowest BCUT2D eigenvalue weighted by atomic mass is 9.88. The van der Waals surface area contributed by atoms with E-state index in [1.54, 1.807) is 6.20 Å². The van der Waals surface area contributed by atoms with E-state index >= 15 is 0 Å². The van der Waals surface area contributed by atoms with Gasteiger partial charge in [-0.2, -0.15) is 0 Å². The van der Waals surface area contributed by atoms with E-state index in [2.05, 4.69) is 16.5 Å². The van der Waals surface area contributed by atoms with E-state index in [1.807, 2.05) is 36.4 Å². The average Bonchev–Trinajstić information content (AvgIpc) is 2.87. The predicted octanol–water partition coefficient (Wildman–Crippen LogP) is 1.18. The smallest absolute Gasteiger partial charge is 0.326 e. The van der Waals surface area contributed by atoms with Crippen LogP contribution in [0.2, 0.25) is 0 Å². The van der Waals surface area contributed by atoms with Gasteiger partial charge in [-0.3, -0.25) is 4.79 Å².